The molecule has 0 amide bonds. The number of hydrogen-bond donors (Lipinski definition) is 1. The first-order valence-corrected chi connectivity index (χ1v) is 4.70. The summed E-state index contributed by atoms with van der Waals surface area (Å²) < 4.78 is 0. The summed E-state index contributed by atoms with van der Waals surface area (Å²) in [7, 11) is 0. The van der Waals surface area contributed by atoms with Gasteiger partial charge in [-0.25, -0.2) is 10.3 Å². The Kier molecular flexibility index (Phi) is 4.07. The second kappa shape index (κ2) is 5.34. The minimum atomic E-state index is -0.429. The average molecular weight is 209 g/mol. The van der Waals surface area contributed by atoms with Crippen LogP contribution in [-0.2, 0) is 4.84 Å². The number of carbonyl (C=O) groups is 1. The molecule has 0 fully saturated rings. The largest absolute Gasteiger partial charge is 0.362 e. The third-order valence-electron chi connectivity index (χ3n) is 1.59. The predicted octanol–water partition coefficient (Wildman–Crippen LogP) is 2.09. The maximum Gasteiger partial charge on any atom is 0.362 e. The fourth-order valence-corrected chi connectivity index (χ4v) is 0.850. The summed E-state index contributed by atoms with van der Waals surface area (Å²) in [5.74, 6) is -0.429. The van der Waals surface area contributed by atoms with Crippen LogP contribution >= 0.6 is 12.2 Å². The van der Waals surface area contributed by atoms with Gasteiger partial charge in [0, 0.05) is 0 Å². The molecule has 0 aliphatic rings. The Hall–Kier alpha value is -1.42. The van der Waals surface area contributed by atoms with Crippen LogP contribution < -0.4 is 5.48 Å². The van der Waals surface area contributed by atoms with Gasteiger partial charge in [0.05, 0.1) is 5.56 Å². The van der Waals surface area contributed by atoms with E-state index < -0.39 is 5.97 Å². The third kappa shape index (κ3) is 3.14. The van der Waals surface area contributed by atoms with Gasteiger partial charge in [-0.1, -0.05) is 37.3 Å². The van der Waals surface area contributed by atoms with E-state index in [4.69, 9.17) is 17.1 Å². The molecule has 3 nitrogen and oxygen atoms in total. The van der Waals surface area contributed by atoms with E-state index in [0.29, 0.717) is 17.0 Å². The fourth-order valence-electron chi connectivity index (χ4n) is 0.809. The number of benzene rings is 1. The van der Waals surface area contributed by atoms with Crippen LogP contribution in [0.1, 0.15) is 23.7 Å². The summed E-state index contributed by atoms with van der Waals surface area (Å²) in [5, 5.41) is 0. The van der Waals surface area contributed by atoms with E-state index in [1.54, 1.807) is 24.3 Å². The zero-order chi connectivity index (χ0) is 10.4. The quantitative estimate of drug-likeness (QED) is 0.598. The molecule has 0 aromatic heterocycles. The van der Waals surface area contributed by atoms with E-state index in [9.17, 15) is 4.79 Å². The lowest BCUT2D eigenvalue weighted by Gasteiger charge is -2.05. The van der Waals surface area contributed by atoms with E-state index in [2.05, 4.69) is 5.48 Å². The first kappa shape index (κ1) is 10.7. The highest BCUT2D eigenvalue weighted by Crippen LogP contribution is 1.99. The van der Waals surface area contributed by atoms with Crippen LogP contribution in [0.15, 0.2) is 30.3 Å². The van der Waals surface area contributed by atoms with E-state index in [1.165, 1.54) is 0 Å². The molecule has 0 aliphatic carbocycles. The molecule has 1 rings (SSSR count). The van der Waals surface area contributed by atoms with Crippen LogP contribution in [0.2, 0.25) is 0 Å². The lowest BCUT2D eigenvalue weighted by Crippen LogP contribution is -2.24. The van der Waals surface area contributed by atoms with Crippen molar-refractivity contribution in [3.63, 3.8) is 0 Å². The molecule has 0 aliphatic heterocycles. The van der Waals surface area contributed by atoms with Gasteiger partial charge >= 0.3 is 5.97 Å². The molecule has 0 spiro atoms. The molecule has 0 saturated carbocycles. The minimum absolute atomic E-state index is 0.429. The number of thiocarbonyl (C=S) groups is 1. The molecule has 4 heteroatoms. The fraction of sp³-hybridized carbons (Fsp3) is 0.200. The standard InChI is InChI=1S/C10H11NO2S/c1-2-9(14)11-13-10(12)8-6-4-3-5-7-8/h3-7H,2H2,1H3,(H,11,14). The topological polar surface area (TPSA) is 38.3 Å². The van der Waals surface area contributed by atoms with Gasteiger partial charge in [-0.2, -0.15) is 0 Å². The molecular weight excluding hydrogens is 198 g/mol. The Morgan fingerprint density at radius 1 is 1.43 bits per heavy atom. The molecule has 0 atom stereocenters. The summed E-state index contributed by atoms with van der Waals surface area (Å²) in [6.45, 7) is 1.88. The molecule has 0 bridgehead atoms. The summed E-state index contributed by atoms with van der Waals surface area (Å²) >= 11 is 4.84. The summed E-state index contributed by atoms with van der Waals surface area (Å²) in [5.41, 5.74) is 2.91. The van der Waals surface area contributed by atoms with E-state index in [0.717, 1.165) is 0 Å². The Balaban J connectivity index is 2.48. The van der Waals surface area contributed by atoms with E-state index >= 15 is 0 Å². The minimum Gasteiger partial charge on any atom is -0.337 e. The Labute approximate surface area is 88.0 Å². The van der Waals surface area contributed by atoms with Crippen molar-refractivity contribution in [3.8, 4) is 0 Å². The van der Waals surface area contributed by atoms with E-state index in [-0.39, 0.29) is 0 Å². The van der Waals surface area contributed by atoms with E-state index in [1.807, 2.05) is 13.0 Å². The van der Waals surface area contributed by atoms with Gasteiger partial charge in [-0.3, -0.25) is 0 Å². The highest BCUT2D eigenvalue weighted by Gasteiger charge is 2.05. The normalized spacial score (nSPS) is 9.21. The number of carbonyl (C=O) groups excluding carboxylic acids is 1. The molecule has 1 aromatic rings. The van der Waals surface area contributed by atoms with Crippen LogP contribution in [0.5, 0.6) is 0 Å². The zero-order valence-electron chi connectivity index (χ0n) is 7.82. The second-order valence-electron chi connectivity index (χ2n) is 2.63. The zero-order valence-corrected chi connectivity index (χ0v) is 8.64. The lowest BCUT2D eigenvalue weighted by atomic mass is 10.2. The van der Waals surface area contributed by atoms with Crippen molar-refractivity contribution in [3.05, 3.63) is 35.9 Å². The Morgan fingerprint density at radius 3 is 2.64 bits per heavy atom. The SMILES string of the molecule is CCC(=S)NOC(=O)c1ccccc1. The number of hydroxylamine groups is 1. The Morgan fingerprint density at radius 2 is 2.07 bits per heavy atom. The van der Waals surface area contributed by atoms with Gasteiger partial charge in [0.1, 0.15) is 4.99 Å². The highest BCUT2D eigenvalue weighted by atomic mass is 32.1. The van der Waals surface area contributed by atoms with Crippen LogP contribution in [0, 0.1) is 0 Å². The van der Waals surface area contributed by atoms with Crippen molar-refractivity contribution in [1.29, 1.82) is 0 Å². The molecule has 14 heavy (non-hydrogen) atoms. The monoisotopic (exact) mass is 209 g/mol. The maximum absolute atomic E-state index is 11.3. The molecule has 0 saturated heterocycles. The number of nitrogens with one attached hydrogen (secondary N) is 1. The second-order valence-corrected chi connectivity index (χ2v) is 3.13. The first-order chi connectivity index (χ1) is 6.74. The summed E-state index contributed by atoms with van der Waals surface area (Å²) in [6.07, 6.45) is 0.650. The maximum atomic E-state index is 11.3. The van der Waals surface area contributed by atoms with Gasteiger partial charge in [-0.15, -0.1) is 0 Å². The first-order valence-electron chi connectivity index (χ1n) is 4.29. The lowest BCUT2D eigenvalue weighted by molar-refractivity contribution is 0.0388. The van der Waals surface area contributed by atoms with Gasteiger partial charge in [0.15, 0.2) is 0 Å². The summed E-state index contributed by atoms with van der Waals surface area (Å²) in [6, 6.07) is 8.74. The molecule has 0 heterocycles. The van der Waals surface area contributed by atoms with Crippen molar-refractivity contribution in [2.75, 3.05) is 0 Å². The molecule has 1 N–H and O–H groups in total. The molecule has 0 radical (unpaired) electrons. The van der Waals surface area contributed by atoms with Crippen molar-refractivity contribution in [1.82, 2.24) is 5.48 Å². The number of rotatable bonds is 2. The van der Waals surface area contributed by atoms with Crippen molar-refractivity contribution in [2.24, 2.45) is 0 Å². The number of hydrogen-bond acceptors (Lipinski definition) is 3. The van der Waals surface area contributed by atoms with Crippen molar-refractivity contribution in [2.45, 2.75) is 13.3 Å². The predicted molar refractivity (Wildman–Crippen MR) is 57.9 cm³/mol. The van der Waals surface area contributed by atoms with Gasteiger partial charge in [-0.05, 0) is 18.6 Å². The highest BCUT2D eigenvalue weighted by molar-refractivity contribution is 7.80. The van der Waals surface area contributed by atoms with Crippen LogP contribution in [0.4, 0.5) is 0 Å². The van der Waals surface area contributed by atoms with Crippen molar-refractivity contribution < 1.29 is 9.63 Å². The van der Waals surface area contributed by atoms with Crippen LogP contribution in [0.3, 0.4) is 0 Å². The Bertz CT molecular complexity index is 324. The molecule has 1 aromatic carbocycles. The van der Waals surface area contributed by atoms with Gasteiger partial charge < -0.3 is 4.84 Å². The van der Waals surface area contributed by atoms with Crippen LogP contribution in [0.25, 0.3) is 0 Å². The molecular formula is C10H11NO2S. The third-order valence-corrected chi connectivity index (χ3v) is 1.96. The molecule has 74 valence electrons. The smallest absolute Gasteiger partial charge is 0.337 e. The van der Waals surface area contributed by atoms with Crippen molar-refractivity contribution >= 4 is 23.2 Å². The van der Waals surface area contributed by atoms with Crippen LogP contribution in [-0.4, -0.2) is 11.0 Å². The van der Waals surface area contributed by atoms with Gasteiger partial charge in [0.2, 0.25) is 0 Å². The van der Waals surface area contributed by atoms with Gasteiger partial charge in [0.25, 0.3) is 0 Å². The summed E-state index contributed by atoms with van der Waals surface area (Å²) in [4.78, 5) is 16.6. The molecule has 0 unspecified atom stereocenters. The average Bonchev–Trinajstić information content (AvgIpc) is 2.26.